The summed E-state index contributed by atoms with van der Waals surface area (Å²) < 4.78 is 5.00. The number of nitro groups is 1. The molecular weight excluding hydrogens is 488 g/mol. The predicted molar refractivity (Wildman–Crippen MR) is 141 cm³/mol. The summed E-state index contributed by atoms with van der Waals surface area (Å²) in [5.41, 5.74) is 6.78. The van der Waals surface area contributed by atoms with Gasteiger partial charge >= 0.3 is 11.7 Å². The van der Waals surface area contributed by atoms with E-state index in [1.54, 1.807) is 25.1 Å². The van der Waals surface area contributed by atoms with Gasteiger partial charge in [0.15, 0.2) is 0 Å². The minimum Gasteiger partial charge on any atom is -0.462 e. The topological polar surface area (TPSA) is 148 Å². The number of aromatic nitrogens is 2. The summed E-state index contributed by atoms with van der Waals surface area (Å²) in [5.74, 6) is -1.99. The molecule has 1 aromatic heterocycles. The Balaban J connectivity index is 1.58. The molecule has 0 spiro atoms. The van der Waals surface area contributed by atoms with E-state index in [1.807, 2.05) is 60.7 Å². The minimum absolute atomic E-state index is 0.134. The van der Waals surface area contributed by atoms with Crippen molar-refractivity contribution in [2.45, 2.75) is 12.8 Å². The van der Waals surface area contributed by atoms with Crippen molar-refractivity contribution in [3.8, 4) is 0 Å². The number of anilines is 3. The zero-order valence-electron chi connectivity index (χ0n) is 20.3. The number of nitrogens with one attached hydrogen (secondary N) is 3. The molecular formula is C27H24N6O5. The fraction of sp³-hybridized carbons (Fsp3) is 0.111. The number of hydrogen-bond donors (Lipinski definition) is 3. The van der Waals surface area contributed by atoms with Crippen molar-refractivity contribution in [3.63, 3.8) is 0 Å². The molecule has 11 heteroatoms. The lowest BCUT2D eigenvalue weighted by atomic mass is 9.91. The first-order chi connectivity index (χ1) is 18.5. The number of hydrogen-bond acceptors (Lipinski definition) is 9. The quantitative estimate of drug-likeness (QED) is 0.158. The molecule has 0 radical (unpaired) electrons. The first kappa shape index (κ1) is 25.8. The lowest BCUT2D eigenvalue weighted by Gasteiger charge is -2.18. The van der Waals surface area contributed by atoms with Gasteiger partial charge < -0.3 is 10.1 Å². The second kappa shape index (κ2) is 12.1. The van der Waals surface area contributed by atoms with Crippen molar-refractivity contribution in [2.24, 2.45) is 0 Å². The Labute approximate surface area is 218 Å². The van der Waals surface area contributed by atoms with Crippen molar-refractivity contribution >= 4 is 34.9 Å². The molecule has 38 heavy (non-hydrogen) atoms. The van der Waals surface area contributed by atoms with Gasteiger partial charge in [-0.15, -0.1) is 0 Å². The molecule has 0 aliphatic carbocycles. The van der Waals surface area contributed by atoms with Crippen LogP contribution in [0.4, 0.5) is 23.0 Å². The van der Waals surface area contributed by atoms with Crippen LogP contribution in [0.3, 0.4) is 0 Å². The van der Waals surface area contributed by atoms with Crippen molar-refractivity contribution in [3.05, 3.63) is 118 Å². The van der Waals surface area contributed by atoms with Gasteiger partial charge in [-0.25, -0.2) is 14.8 Å². The van der Waals surface area contributed by atoms with E-state index in [4.69, 9.17) is 4.74 Å². The fourth-order valence-corrected chi connectivity index (χ4v) is 3.79. The van der Waals surface area contributed by atoms with Gasteiger partial charge in [0, 0.05) is 5.69 Å². The molecule has 0 atom stereocenters. The van der Waals surface area contributed by atoms with Crippen LogP contribution in [-0.2, 0) is 9.53 Å². The van der Waals surface area contributed by atoms with Gasteiger partial charge in [-0.05, 0) is 36.2 Å². The third-order valence-electron chi connectivity index (χ3n) is 5.47. The first-order valence-electron chi connectivity index (χ1n) is 11.7. The molecule has 0 aliphatic heterocycles. The number of hydrazine groups is 1. The highest BCUT2D eigenvalue weighted by atomic mass is 16.6. The lowest BCUT2D eigenvalue weighted by molar-refractivity contribution is -0.383. The maximum Gasteiger partial charge on any atom is 0.355 e. The van der Waals surface area contributed by atoms with Gasteiger partial charge in [0.25, 0.3) is 0 Å². The number of nitrogens with zero attached hydrogens (tertiary/aromatic N) is 3. The van der Waals surface area contributed by atoms with Crippen molar-refractivity contribution in [1.29, 1.82) is 0 Å². The summed E-state index contributed by atoms with van der Waals surface area (Å²) >= 11 is 0. The van der Waals surface area contributed by atoms with Crippen LogP contribution in [0.15, 0.2) is 91.3 Å². The maximum absolute atomic E-state index is 13.3. The molecule has 4 rings (SSSR count). The predicted octanol–water partition coefficient (Wildman–Crippen LogP) is 4.58. The highest BCUT2D eigenvalue weighted by Crippen LogP contribution is 2.31. The van der Waals surface area contributed by atoms with E-state index in [0.717, 1.165) is 17.5 Å². The number of ether oxygens (including phenoxy) is 1. The third kappa shape index (κ3) is 6.08. The number of amides is 1. The third-order valence-corrected chi connectivity index (χ3v) is 5.47. The van der Waals surface area contributed by atoms with E-state index in [0.29, 0.717) is 5.69 Å². The molecule has 3 aromatic carbocycles. The van der Waals surface area contributed by atoms with Crippen LogP contribution in [0.25, 0.3) is 0 Å². The van der Waals surface area contributed by atoms with Crippen LogP contribution in [0.2, 0.25) is 0 Å². The Morgan fingerprint density at radius 2 is 1.55 bits per heavy atom. The molecule has 3 N–H and O–H groups in total. The van der Waals surface area contributed by atoms with Crippen LogP contribution < -0.4 is 16.2 Å². The van der Waals surface area contributed by atoms with Crippen LogP contribution in [0, 0.1) is 10.1 Å². The number of carbonyl (C=O) groups is 2. The zero-order chi connectivity index (χ0) is 26.9. The second-order valence-corrected chi connectivity index (χ2v) is 7.97. The molecule has 0 saturated heterocycles. The van der Waals surface area contributed by atoms with E-state index < -0.39 is 28.4 Å². The van der Waals surface area contributed by atoms with Crippen LogP contribution >= 0.6 is 0 Å². The SMILES string of the molecule is CCOC(=O)c1cccc(Nc2ncnc(NNC(=O)C(c3ccccc3)c3ccccc3)c2[N+](=O)[O-])c1. The smallest absolute Gasteiger partial charge is 0.355 e. The summed E-state index contributed by atoms with van der Waals surface area (Å²) in [6.07, 6.45) is 1.12. The van der Waals surface area contributed by atoms with E-state index in [9.17, 15) is 19.7 Å². The molecule has 192 valence electrons. The molecule has 0 bridgehead atoms. The number of rotatable bonds is 10. The van der Waals surface area contributed by atoms with E-state index in [2.05, 4.69) is 26.1 Å². The Hall–Kier alpha value is -5.32. The number of carbonyl (C=O) groups excluding carboxylic acids is 2. The van der Waals surface area contributed by atoms with Crippen LogP contribution in [0.1, 0.15) is 34.3 Å². The molecule has 0 fully saturated rings. The highest BCUT2D eigenvalue weighted by molar-refractivity contribution is 5.91. The maximum atomic E-state index is 13.3. The standard InChI is InChI=1S/C27H24N6O5/c1-2-38-27(35)20-14-9-15-21(16-20)30-24-23(33(36)37)25(29-17-28-24)31-32-26(34)22(18-10-5-3-6-11-18)19-12-7-4-8-13-19/h3-17,22H,2H2,1H3,(H,32,34)(H2,28,29,30,31). The molecule has 0 unspecified atom stereocenters. The summed E-state index contributed by atoms with van der Waals surface area (Å²) in [7, 11) is 0. The lowest BCUT2D eigenvalue weighted by Crippen LogP contribution is -2.35. The number of benzene rings is 3. The molecule has 1 amide bonds. The molecule has 11 nitrogen and oxygen atoms in total. The first-order valence-corrected chi connectivity index (χ1v) is 11.7. The summed E-state index contributed by atoms with van der Waals surface area (Å²) in [6.45, 7) is 1.91. The van der Waals surface area contributed by atoms with Gasteiger partial charge in [0.05, 0.1) is 23.0 Å². The van der Waals surface area contributed by atoms with Crippen LogP contribution in [0.5, 0.6) is 0 Å². The monoisotopic (exact) mass is 512 g/mol. The Bertz CT molecular complexity index is 1390. The van der Waals surface area contributed by atoms with E-state index >= 15 is 0 Å². The van der Waals surface area contributed by atoms with Gasteiger partial charge in [-0.3, -0.25) is 25.8 Å². The summed E-state index contributed by atoms with van der Waals surface area (Å²) in [4.78, 5) is 44.6. The Kier molecular flexibility index (Phi) is 8.19. The average molecular weight is 513 g/mol. The van der Waals surface area contributed by atoms with Gasteiger partial charge in [-0.1, -0.05) is 66.7 Å². The minimum atomic E-state index is -0.672. The fourth-order valence-electron chi connectivity index (χ4n) is 3.79. The Morgan fingerprint density at radius 1 is 0.921 bits per heavy atom. The zero-order valence-corrected chi connectivity index (χ0v) is 20.3. The van der Waals surface area contributed by atoms with E-state index in [1.165, 1.54) is 6.07 Å². The summed E-state index contributed by atoms with van der Waals surface area (Å²) in [5, 5.41) is 14.8. The largest absolute Gasteiger partial charge is 0.462 e. The second-order valence-electron chi connectivity index (χ2n) is 7.97. The summed E-state index contributed by atoms with van der Waals surface area (Å²) in [6, 6.07) is 24.6. The average Bonchev–Trinajstić information content (AvgIpc) is 2.93. The molecule has 1 heterocycles. The van der Waals surface area contributed by atoms with Crippen molar-refractivity contribution < 1.29 is 19.2 Å². The van der Waals surface area contributed by atoms with E-state index in [-0.39, 0.29) is 23.8 Å². The highest BCUT2D eigenvalue weighted by Gasteiger charge is 2.26. The van der Waals surface area contributed by atoms with Crippen molar-refractivity contribution in [2.75, 3.05) is 17.3 Å². The number of esters is 1. The molecule has 4 aromatic rings. The van der Waals surface area contributed by atoms with Crippen molar-refractivity contribution in [1.82, 2.24) is 15.4 Å². The molecule has 0 aliphatic rings. The van der Waals surface area contributed by atoms with Gasteiger partial charge in [0.2, 0.25) is 17.5 Å². The molecule has 0 saturated carbocycles. The van der Waals surface area contributed by atoms with Gasteiger partial charge in [0.1, 0.15) is 6.33 Å². The normalized spacial score (nSPS) is 10.5. The van der Waals surface area contributed by atoms with Crippen LogP contribution in [-0.4, -0.2) is 33.4 Å². The Morgan fingerprint density at radius 3 is 2.16 bits per heavy atom. The van der Waals surface area contributed by atoms with Gasteiger partial charge in [-0.2, -0.15) is 0 Å².